The third-order valence-electron chi connectivity index (χ3n) is 2.59. The molecule has 3 N–H and O–H groups in total. The third-order valence-corrected chi connectivity index (χ3v) is 2.59. The molecule has 6 heteroatoms. The second-order valence-corrected chi connectivity index (χ2v) is 4.45. The predicted octanol–water partition coefficient (Wildman–Crippen LogP) is 1.63. The summed E-state index contributed by atoms with van der Waals surface area (Å²) in [5.41, 5.74) is 0.909. The molecule has 0 saturated heterocycles. The first-order valence-electron chi connectivity index (χ1n) is 6.35. The molecule has 0 unspecified atom stereocenters. The number of anilines is 1. The summed E-state index contributed by atoms with van der Waals surface area (Å²) < 4.78 is 0. The zero-order chi connectivity index (χ0) is 15.1. The first kappa shape index (κ1) is 15.7. The number of hydrogen-bond donors (Lipinski definition) is 3. The largest absolute Gasteiger partial charge is 0.481 e. The lowest BCUT2D eigenvalue weighted by molar-refractivity contribution is -0.137. The van der Waals surface area contributed by atoms with Gasteiger partial charge in [0.05, 0.1) is 6.42 Å². The Morgan fingerprint density at radius 3 is 2.60 bits per heavy atom. The van der Waals surface area contributed by atoms with E-state index in [4.69, 9.17) is 5.11 Å². The Bertz CT molecular complexity index is 514. The van der Waals surface area contributed by atoms with Crippen molar-refractivity contribution < 1.29 is 19.5 Å². The molecule has 0 aliphatic carbocycles. The molecule has 0 spiro atoms. The molecule has 1 atom stereocenters. The average Bonchev–Trinajstić information content (AvgIpc) is 2.37. The number of hydrogen-bond acceptors (Lipinski definition) is 3. The van der Waals surface area contributed by atoms with E-state index < -0.39 is 12.0 Å². The molecule has 0 aromatic heterocycles. The maximum atomic E-state index is 11.9. The Balaban J connectivity index is 2.71. The molecule has 1 rings (SSSR count). The number of carboxylic acids is 1. The molecule has 0 fully saturated rings. The number of amides is 2. The van der Waals surface area contributed by atoms with Crippen molar-refractivity contribution in [3.63, 3.8) is 0 Å². The summed E-state index contributed by atoms with van der Waals surface area (Å²) in [5.74, 6) is -1.48. The summed E-state index contributed by atoms with van der Waals surface area (Å²) in [6.45, 7) is 3.36. The number of carbonyl (C=O) groups excluding carboxylic acids is 2. The molecule has 0 aliphatic rings. The fourth-order valence-corrected chi connectivity index (χ4v) is 1.61. The maximum Gasteiger partial charge on any atom is 0.305 e. The summed E-state index contributed by atoms with van der Waals surface area (Å²) in [7, 11) is 0. The second kappa shape index (κ2) is 7.28. The lowest BCUT2D eigenvalue weighted by atomic mass is 10.1. The normalized spacial score (nSPS) is 11.5. The number of nitrogens with one attached hydrogen (secondary N) is 2. The van der Waals surface area contributed by atoms with E-state index in [0.717, 1.165) is 0 Å². The fourth-order valence-electron chi connectivity index (χ4n) is 1.61. The van der Waals surface area contributed by atoms with Gasteiger partial charge in [0.1, 0.15) is 0 Å². The smallest absolute Gasteiger partial charge is 0.305 e. The highest BCUT2D eigenvalue weighted by molar-refractivity contribution is 5.97. The lowest BCUT2D eigenvalue weighted by Gasteiger charge is -2.12. The van der Waals surface area contributed by atoms with Crippen LogP contribution in [-0.2, 0) is 9.59 Å². The minimum absolute atomic E-state index is 0.137. The topological polar surface area (TPSA) is 95.5 Å². The third kappa shape index (κ3) is 5.09. The maximum absolute atomic E-state index is 11.9. The molecule has 20 heavy (non-hydrogen) atoms. The summed E-state index contributed by atoms with van der Waals surface area (Å²) in [4.78, 5) is 33.7. The van der Waals surface area contributed by atoms with Gasteiger partial charge in [-0.3, -0.25) is 14.4 Å². The van der Waals surface area contributed by atoms with Crippen LogP contribution in [0.4, 0.5) is 5.69 Å². The van der Waals surface area contributed by atoms with Crippen molar-refractivity contribution in [1.29, 1.82) is 0 Å². The second-order valence-electron chi connectivity index (χ2n) is 4.45. The van der Waals surface area contributed by atoms with E-state index in [1.807, 2.05) is 0 Å². The molecule has 0 heterocycles. The lowest BCUT2D eigenvalue weighted by Crippen LogP contribution is -2.34. The van der Waals surface area contributed by atoms with E-state index in [2.05, 4.69) is 10.6 Å². The standard InChI is InChI=1S/C14H18N2O4/c1-3-12(17)16-11-6-4-5-10(8-11)14(20)15-9(2)7-13(18)19/h4-6,8-9H,3,7H2,1-2H3,(H,15,20)(H,16,17)(H,18,19)/t9-/m0/s1. The van der Waals surface area contributed by atoms with Gasteiger partial charge in [-0.15, -0.1) is 0 Å². The van der Waals surface area contributed by atoms with Crippen LogP contribution in [0.15, 0.2) is 24.3 Å². The zero-order valence-electron chi connectivity index (χ0n) is 11.5. The van der Waals surface area contributed by atoms with Crippen molar-refractivity contribution in [3.05, 3.63) is 29.8 Å². The van der Waals surface area contributed by atoms with Gasteiger partial charge in [-0.2, -0.15) is 0 Å². The van der Waals surface area contributed by atoms with Gasteiger partial charge in [-0.1, -0.05) is 13.0 Å². The van der Waals surface area contributed by atoms with Gasteiger partial charge in [0.2, 0.25) is 5.91 Å². The highest BCUT2D eigenvalue weighted by Crippen LogP contribution is 2.11. The van der Waals surface area contributed by atoms with Gasteiger partial charge in [0.25, 0.3) is 5.91 Å². The van der Waals surface area contributed by atoms with Crippen LogP contribution in [0.5, 0.6) is 0 Å². The first-order valence-corrected chi connectivity index (χ1v) is 6.35. The van der Waals surface area contributed by atoms with Gasteiger partial charge in [0, 0.05) is 23.7 Å². The van der Waals surface area contributed by atoms with Crippen LogP contribution in [0.1, 0.15) is 37.0 Å². The monoisotopic (exact) mass is 278 g/mol. The van der Waals surface area contributed by atoms with Crippen LogP contribution in [0.25, 0.3) is 0 Å². The summed E-state index contributed by atoms with van der Waals surface area (Å²) in [6.07, 6.45) is 0.212. The van der Waals surface area contributed by atoms with Crippen LogP contribution in [0.3, 0.4) is 0 Å². The molecule has 1 aromatic rings. The van der Waals surface area contributed by atoms with Crippen LogP contribution >= 0.6 is 0 Å². The molecular weight excluding hydrogens is 260 g/mol. The number of rotatable bonds is 6. The van der Waals surface area contributed by atoms with Crippen molar-refractivity contribution in [2.24, 2.45) is 0 Å². The van der Waals surface area contributed by atoms with Gasteiger partial charge < -0.3 is 15.7 Å². The number of carbonyl (C=O) groups is 3. The Labute approximate surface area is 117 Å². The first-order chi connectivity index (χ1) is 9.42. The van der Waals surface area contributed by atoms with E-state index in [1.54, 1.807) is 38.1 Å². The molecule has 108 valence electrons. The molecule has 0 aliphatic heterocycles. The van der Waals surface area contributed by atoms with Crippen LogP contribution in [0.2, 0.25) is 0 Å². The molecule has 0 bridgehead atoms. The fraction of sp³-hybridized carbons (Fsp3) is 0.357. The van der Waals surface area contributed by atoms with Gasteiger partial charge in [0.15, 0.2) is 0 Å². The van der Waals surface area contributed by atoms with Gasteiger partial charge in [-0.25, -0.2) is 0 Å². The summed E-state index contributed by atoms with van der Waals surface area (Å²) >= 11 is 0. The SMILES string of the molecule is CCC(=O)Nc1cccc(C(=O)N[C@@H](C)CC(=O)O)c1. The Morgan fingerprint density at radius 1 is 1.30 bits per heavy atom. The highest BCUT2D eigenvalue weighted by atomic mass is 16.4. The molecule has 1 aromatic carbocycles. The summed E-state index contributed by atoms with van der Waals surface area (Å²) in [6, 6.07) is 6.03. The highest BCUT2D eigenvalue weighted by Gasteiger charge is 2.13. The van der Waals surface area contributed by atoms with Crippen LogP contribution < -0.4 is 10.6 Å². The van der Waals surface area contributed by atoms with Crippen molar-refractivity contribution in [2.75, 3.05) is 5.32 Å². The van der Waals surface area contributed by atoms with Crippen LogP contribution in [-0.4, -0.2) is 28.9 Å². The Morgan fingerprint density at radius 2 is 2.00 bits per heavy atom. The van der Waals surface area contributed by atoms with E-state index in [9.17, 15) is 14.4 Å². The van der Waals surface area contributed by atoms with E-state index in [-0.39, 0.29) is 18.2 Å². The number of aliphatic carboxylic acids is 1. The number of benzene rings is 1. The predicted molar refractivity (Wildman–Crippen MR) is 74.5 cm³/mol. The van der Waals surface area contributed by atoms with Crippen molar-refractivity contribution in [1.82, 2.24) is 5.32 Å². The van der Waals surface area contributed by atoms with Crippen molar-refractivity contribution in [2.45, 2.75) is 32.7 Å². The van der Waals surface area contributed by atoms with Gasteiger partial charge in [-0.05, 0) is 25.1 Å². The van der Waals surface area contributed by atoms with Gasteiger partial charge >= 0.3 is 5.97 Å². The van der Waals surface area contributed by atoms with E-state index >= 15 is 0 Å². The average molecular weight is 278 g/mol. The van der Waals surface area contributed by atoms with E-state index in [1.165, 1.54) is 0 Å². The number of carboxylic acid groups (broad SMARTS) is 1. The quantitative estimate of drug-likeness (QED) is 0.737. The van der Waals surface area contributed by atoms with Crippen molar-refractivity contribution in [3.8, 4) is 0 Å². The molecular formula is C14H18N2O4. The molecule has 0 saturated carbocycles. The zero-order valence-corrected chi connectivity index (χ0v) is 11.5. The molecule has 6 nitrogen and oxygen atoms in total. The van der Waals surface area contributed by atoms with Crippen LogP contribution in [0, 0.1) is 0 Å². The minimum atomic E-state index is -0.971. The van der Waals surface area contributed by atoms with E-state index in [0.29, 0.717) is 17.7 Å². The molecule has 0 radical (unpaired) electrons. The minimum Gasteiger partial charge on any atom is -0.481 e. The Hall–Kier alpha value is -2.37. The summed E-state index contributed by atoms with van der Waals surface area (Å²) in [5, 5.41) is 13.9. The van der Waals surface area contributed by atoms with Crippen molar-refractivity contribution >= 4 is 23.5 Å². The Kier molecular flexibility index (Phi) is 5.71. The molecule has 2 amide bonds.